The van der Waals surface area contributed by atoms with E-state index in [1.807, 2.05) is 23.5 Å². The van der Waals surface area contributed by atoms with E-state index in [0.29, 0.717) is 0 Å². The Bertz CT molecular complexity index is 643. The molecule has 2 rings (SSSR count). The highest BCUT2D eigenvalue weighted by Gasteiger charge is 2.13. The van der Waals surface area contributed by atoms with Crippen LogP contribution in [0.2, 0.25) is 0 Å². The van der Waals surface area contributed by atoms with Gasteiger partial charge in [-0.3, -0.25) is 0 Å². The normalized spacial score (nSPS) is 12.3. The van der Waals surface area contributed by atoms with Gasteiger partial charge < -0.3 is 5.32 Å². The summed E-state index contributed by atoms with van der Waals surface area (Å²) >= 11 is 4.03. The highest BCUT2D eigenvalue weighted by molar-refractivity contribution is 7.98. The Morgan fingerprint density at radius 2 is 0.931 bits per heavy atom. The van der Waals surface area contributed by atoms with Gasteiger partial charge in [-0.25, -0.2) is 0 Å². The van der Waals surface area contributed by atoms with E-state index < -0.39 is 0 Å². The third kappa shape index (κ3) is 9.19. The zero-order valence-electron chi connectivity index (χ0n) is 19.2. The zero-order chi connectivity index (χ0) is 21.3. The summed E-state index contributed by atoms with van der Waals surface area (Å²) in [6, 6.07) is 18.3. The first-order valence-corrected chi connectivity index (χ1v) is 13.0. The van der Waals surface area contributed by atoms with E-state index in [1.165, 1.54) is 33.8 Å². The van der Waals surface area contributed by atoms with Gasteiger partial charge in [-0.15, -0.1) is 0 Å². The SMILES string of the molecule is CC(C)(C)c1ccc(CSCCNCCSCc2ccc(C(C)(C)C)cc2)cc1. The van der Waals surface area contributed by atoms with Gasteiger partial charge in [-0.1, -0.05) is 90.1 Å². The van der Waals surface area contributed by atoms with E-state index in [2.05, 4.69) is 95.4 Å². The van der Waals surface area contributed by atoms with E-state index in [9.17, 15) is 0 Å². The fraction of sp³-hybridized carbons (Fsp3) is 0.538. The van der Waals surface area contributed by atoms with E-state index in [4.69, 9.17) is 0 Å². The molecule has 2 aromatic rings. The summed E-state index contributed by atoms with van der Waals surface area (Å²) in [5, 5.41) is 3.57. The third-order valence-electron chi connectivity index (χ3n) is 5.02. The van der Waals surface area contributed by atoms with Gasteiger partial charge in [0.25, 0.3) is 0 Å². The van der Waals surface area contributed by atoms with Gasteiger partial charge in [0, 0.05) is 36.1 Å². The minimum absolute atomic E-state index is 0.240. The molecule has 0 saturated heterocycles. The molecule has 0 saturated carbocycles. The van der Waals surface area contributed by atoms with E-state index in [0.717, 1.165) is 24.6 Å². The van der Waals surface area contributed by atoms with E-state index in [1.54, 1.807) is 0 Å². The van der Waals surface area contributed by atoms with Crippen LogP contribution < -0.4 is 5.32 Å². The Morgan fingerprint density at radius 3 is 1.24 bits per heavy atom. The van der Waals surface area contributed by atoms with Crippen LogP contribution in [0.1, 0.15) is 63.8 Å². The molecule has 3 heteroatoms. The maximum atomic E-state index is 3.57. The lowest BCUT2D eigenvalue weighted by molar-refractivity contribution is 0.590. The highest BCUT2D eigenvalue weighted by Crippen LogP contribution is 2.24. The Labute approximate surface area is 187 Å². The number of hydrogen-bond acceptors (Lipinski definition) is 3. The highest BCUT2D eigenvalue weighted by atomic mass is 32.2. The van der Waals surface area contributed by atoms with Gasteiger partial charge in [0.15, 0.2) is 0 Å². The molecule has 0 fully saturated rings. The first-order chi connectivity index (χ1) is 13.7. The summed E-state index contributed by atoms with van der Waals surface area (Å²) in [5.74, 6) is 4.54. The fourth-order valence-corrected chi connectivity index (χ4v) is 4.72. The maximum Gasteiger partial charge on any atom is 0.0185 e. The summed E-state index contributed by atoms with van der Waals surface area (Å²) < 4.78 is 0. The van der Waals surface area contributed by atoms with E-state index >= 15 is 0 Å². The molecule has 0 unspecified atom stereocenters. The van der Waals surface area contributed by atoms with Crippen molar-refractivity contribution in [2.24, 2.45) is 0 Å². The van der Waals surface area contributed by atoms with Crippen molar-refractivity contribution in [3.63, 3.8) is 0 Å². The average Bonchev–Trinajstić information content (AvgIpc) is 2.66. The van der Waals surface area contributed by atoms with Gasteiger partial charge in [0.05, 0.1) is 0 Å². The molecule has 0 aliphatic carbocycles. The summed E-state index contributed by atoms with van der Waals surface area (Å²) in [5.41, 5.74) is 6.16. The maximum absolute atomic E-state index is 3.57. The summed E-state index contributed by atoms with van der Waals surface area (Å²) in [6.07, 6.45) is 0. The lowest BCUT2D eigenvalue weighted by Gasteiger charge is -2.19. The summed E-state index contributed by atoms with van der Waals surface area (Å²) in [7, 11) is 0. The number of rotatable bonds is 10. The molecule has 0 amide bonds. The van der Waals surface area contributed by atoms with Crippen molar-refractivity contribution in [3.05, 3.63) is 70.8 Å². The predicted molar refractivity (Wildman–Crippen MR) is 135 cm³/mol. The van der Waals surface area contributed by atoms with Crippen LogP contribution in [0, 0.1) is 0 Å². The molecule has 0 bridgehead atoms. The topological polar surface area (TPSA) is 12.0 Å². The predicted octanol–water partition coefficient (Wildman–Crippen LogP) is 7.04. The van der Waals surface area contributed by atoms with Gasteiger partial charge in [-0.05, 0) is 33.1 Å². The lowest BCUT2D eigenvalue weighted by atomic mass is 9.87. The van der Waals surface area contributed by atoms with Gasteiger partial charge in [0.1, 0.15) is 0 Å². The number of benzene rings is 2. The molecular formula is C26H39NS2. The number of hydrogen-bond donors (Lipinski definition) is 1. The molecule has 0 radical (unpaired) electrons. The van der Waals surface area contributed by atoms with Crippen LogP contribution in [0.25, 0.3) is 0 Å². The first-order valence-electron chi connectivity index (χ1n) is 10.7. The van der Waals surface area contributed by atoms with Crippen molar-refractivity contribution in [1.82, 2.24) is 5.32 Å². The lowest BCUT2D eigenvalue weighted by Crippen LogP contribution is -2.20. The molecule has 0 aliphatic rings. The molecule has 1 nitrogen and oxygen atoms in total. The quantitative estimate of drug-likeness (QED) is 0.407. The fourth-order valence-electron chi connectivity index (χ4n) is 3.00. The van der Waals surface area contributed by atoms with Gasteiger partial charge in [0.2, 0.25) is 0 Å². The summed E-state index contributed by atoms with van der Waals surface area (Å²) in [4.78, 5) is 0. The van der Waals surface area contributed by atoms with Crippen LogP contribution in [0.5, 0.6) is 0 Å². The smallest absolute Gasteiger partial charge is 0.0185 e. The van der Waals surface area contributed by atoms with Crippen LogP contribution >= 0.6 is 23.5 Å². The average molecular weight is 430 g/mol. The molecule has 0 atom stereocenters. The molecule has 1 N–H and O–H groups in total. The summed E-state index contributed by atoms with van der Waals surface area (Å²) in [6.45, 7) is 15.8. The van der Waals surface area contributed by atoms with Crippen LogP contribution in [0.4, 0.5) is 0 Å². The van der Waals surface area contributed by atoms with Crippen LogP contribution in [-0.4, -0.2) is 24.6 Å². The Balaban J connectivity index is 1.51. The van der Waals surface area contributed by atoms with Crippen molar-refractivity contribution in [2.75, 3.05) is 24.6 Å². The van der Waals surface area contributed by atoms with Gasteiger partial charge in [-0.2, -0.15) is 23.5 Å². The second-order valence-corrected chi connectivity index (χ2v) is 12.0. The van der Waals surface area contributed by atoms with Crippen molar-refractivity contribution in [1.29, 1.82) is 0 Å². The van der Waals surface area contributed by atoms with Crippen molar-refractivity contribution < 1.29 is 0 Å². The van der Waals surface area contributed by atoms with Crippen LogP contribution in [-0.2, 0) is 22.3 Å². The third-order valence-corrected chi connectivity index (χ3v) is 7.08. The van der Waals surface area contributed by atoms with Gasteiger partial charge >= 0.3 is 0 Å². The van der Waals surface area contributed by atoms with Crippen molar-refractivity contribution >= 4 is 23.5 Å². The molecule has 0 aromatic heterocycles. The largest absolute Gasteiger partial charge is 0.315 e. The van der Waals surface area contributed by atoms with Crippen LogP contribution in [0.3, 0.4) is 0 Å². The Hall–Kier alpha value is -0.900. The second kappa shape index (κ2) is 11.5. The monoisotopic (exact) mass is 429 g/mol. The van der Waals surface area contributed by atoms with Crippen molar-refractivity contribution in [3.8, 4) is 0 Å². The van der Waals surface area contributed by atoms with Crippen LogP contribution in [0.15, 0.2) is 48.5 Å². The first kappa shape index (κ1) is 24.4. The molecule has 0 aliphatic heterocycles. The molecule has 2 aromatic carbocycles. The standard InChI is InChI=1S/C26H39NS2/c1-25(2,3)23-11-7-21(8-12-23)19-28-17-15-27-16-18-29-20-22-9-13-24(14-10-22)26(4,5)6/h7-14,27H,15-20H2,1-6H3. The Kier molecular flexibility index (Phi) is 9.65. The zero-order valence-corrected chi connectivity index (χ0v) is 20.8. The molecular weight excluding hydrogens is 390 g/mol. The molecule has 160 valence electrons. The Morgan fingerprint density at radius 1 is 0.586 bits per heavy atom. The van der Waals surface area contributed by atoms with Crippen molar-refractivity contribution in [2.45, 2.75) is 63.9 Å². The molecule has 0 heterocycles. The number of thioether (sulfide) groups is 2. The molecule has 0 spiro atoms. The number of nitrogens with one attached hydrogen (secondary N) is 1. The minimum atomic E-state index is 0.240. The minimum Gasteiger partial charge on any atom is -0.315 e. The molecule has 29 heavy (non-hydrogen) atoms. The van der Waals surface area contributed by atoms with E-state index in [-0.39, 0.29) is 10.8 Å². The second-order valence-electron chi connectivity index (χ2n) is 9.75.